The van der Waals surface area contributed by atoms with Gasteiger partial charge in [0.1, 0.15) is 29.6 Å². The maximum atomic E-state index is 5.89. The summed E-state index contributed by atoms with van der Waals surface area (Å²) in [5.41, 5.74) is 3.95. The van der Waals surface area contributed by atoms with E-state index in [4.69, 9.17) is 23.8 Å². The van der Waals surface area contributed by atoms with Gasteiger partial charge in [0.2, 0.25) is 0 Å². The number of fused-ring (bicyclic) bond motifs is 1. The Labute approximate surface area is 191 Å². The lowest BCUT2D eigenvalue weighted by Gasteiger charge is -2.19. The van der Waals surface area contributed by atoms with Gasteiger partial charge in [0.15, 0.2) is 0 Å². The van der Waals surface area contributed by atoms with Crippen LogP contribution in [0.3, 0.4) is 0 Å². The number of hydrogen-bond donors (Lipinski definition) is 0. The standard InChI is InChI=1S/C26H35NO5/c1-9-18(4)14-15-32-27-20(11-10-17(2)3)19-16-23(30-7)24-21(28-5)12-13-22(29-6)25(24)26(19)31-8/h10,12-14,16H,9,11,15H2,1-8H3. The molecular weight excluding hydrogens is 406 g/mol. The zero-order valence-corrected chi connectivity index (χ0v) is 20.5. The molecule has 0 aliphatic heterocycles. The van der Waals surface area contributed by atoms with Crippen LogP contribution in [-0.4, -0.2) is 40.8 Å². The number of oxime groups is 1. The fourth-order valence-electron chi connectivity index (χ4n) is 3.30. The monoisotopic (exact) mass is 441 g/mol. The predicted molar refractivity (Wildman–Crippen MR) is 131 cm³/mol. The highest BCUT2D eigenvalue weighted by atomic mass is 16.6. The Hall–Kier alpha value is -3.15. The van der Waals surface area contributed by atoms with Gasteiger partial charge in [-0.1, -0.05) is 29.3 Å². The van der Waals surface area contributed by atoms with Crippen LogP contribution < -0.4 is 18.9 Å². The summed E-state index contributed by atoms with van der Waals surface area (Å²) in [4.78, 5) is 5.67. The SMILES string of the molecule is CCC(C)=CCON=C(CC=C(C)C)c1cc(OC)c2c(OC)ccc(OC)c2c1OC. The van der Waals surface area contributed by atoms with Crippen molar-refractivity contribution in [3.8, 4) is 23.0 Å². The van der Waals surface area contributed by atoms with Crippen LogP contribution in [0.1, 0.15) is 46.1 Å². The predicted octanol–water partition coefficient (Wildman–Crippen LogP) is 6.31. The van der Waals surface area contributed by atoms with E-state index >= 15 is 0 Å². The third kappa shape index (κ3) is 5.75. The lowest BCUT2D eigenvalue weighted by molar-refractivity contribution is 0.173. The van der Waals surface area contributed by atoms with E-state index in [1.165, 1.54) is 11.1 Å². The maximum absolute atomic E-state index is 5.89. The van der Waals surface area contributed by atoms with E-state index in [1.807, 2.05) is 24.3 Å². The molecule has 0 radical (unpaired) electrons. The van der Waals surface area contributed by atoms with Crippen molar-refractivity contribution in [3.05, 3.63) is 47.1 Å². The van der Waals surface area contributed by atoms with Crippen LogP contribution in [0, 0.1) is 0 Å². The number of hydrogen-bond acceptors (Lipinski definition) is 6. The summed E-state index contributed by atoms with van der Waals surface area (Å²) < 4.78 is 22.9. The first-order valence-electron chi connectivity index (χ1n) is 10.7. The zero-order chi connectivity index (χ0) is 23.7. The maximum Gasteiger partial charge on any atom is 0.140 e. The highest BCUT2D eigenvalue weighted by Gasteiger charge is 2.23. The van der Waals surface area contributed by atoms with Crippen molar-refractivity contribution in [3.63, 3.8) is 0 Å². The summed E-state index contributed by atoms with van der Waals surface area (Å²) in [5.74, 6) is 2.59. The highest BCUT2D eigenvalue weighted by molar-refractivity contribution is 6.12. The normalized spacial score (nSPS) is 11.9. The van der Waals surface area contributed by atoms with Gasteiger partial charge in [-0.15, -0.1) is 0 Å². The van der Waals surface area contributed by atoms with Gasteiger partial charge in [-0.05, 0) is 51.5 Å². The van der Waals surface area contributed by atoms with Crippen molar-refractivity contribution < 1.29 is 23.8 Å². The topological polar surface area (TPSA) is 58.5 Å². The molecule has 0 fully saturated rings. The van der Waals surface area contributed by atoms with E-state index < -0.39 is 0 Å². The van der Waals surface area contributed by atoms with Crippen LogP contribution in [0.15, 0.2) is 46.7 Å². The smallest absolute Gasteiger partial charge is 0.140 e. The number of methoxy groups -OCH3 is 4. The molecule has 2 rings (SSSR count). The first kappa shape index (κ1) is 25.1. The molecule has 0 aliphatic rings. The second kappa shape index (κ2) is 12.0. The summed E-state index contributed by atoms with van der Waals surface area (Å²) >= 11 is 0. The Morgan fingerprint density at radius 3 is 2.00 bits per heavy atom. The first-order chi connectivity index (χ1) is 15.4. The molecule has 0 atom stereocenters. The van der Waals surface area contributed by atoms with E-state index in [2.05, 4.69) is 38.9 Å². The van der Waals surface area contributed by atoms with Crippen LogP contribution in [0.2, 0.25) is 0 Å². The van der Waals surface area contributed by atoms with Crippen LogP contribution in [0.4, 0.5) is 0 Å². The Kier molecular flexibility index (Phi) is 9.44. The Morgan fingerprint density at radius 1 is 0.844 bits per heavy atom. The van der Waals surface area contributed by atoms with Crippen molar-refractivity contribution in [2.24, 2.45) is 5.16 Å². The van der Waals surface area contributed by atoms with Crippen LogP contribution in [0.25, 0.3) is 10.8 Å². The van der Waals surface area contributed by atoms with Gasteiger partial charge < -0.3 is 23.8 Å². The summed E-state index contributed by atoms with van der Waals surface area (Å²) in [6, 6.07) is 5.62. The number of benzene rings is 2. The lowest BCUT2D eigenvalue weighted by atomic mass is 9.97. The van der Waals surface area contributed by atoms with Crippen LogP contribution in [-0.2, 0) is 4.84 Å². The molecule has 0 N–H and O–H groups in total. The lowest BCUT2D eigenvalue weighted by Crippen LogP contribution is -2.07. The molecule has 32 heavy (non-hydrogen) atoms. The fraction of sp³-hybridized carbons (Fsp3) is 0.423. The quantitative estimate of drug-likeness (QED) is 0.177. The Morgan fingerprint density at radius 2 is 1.47 bits per heavy atom. The molecule has 174 valence electrons. The highest BCUT2D eigenvalue weighted by Crippen LogP contribution is 2.46. The molecule has 0 unspecified atom stereocenters. The first-order valence-corrected chi connectivity index (χ1v) is 10.7. The van der Waals surface area contributed by atoms with Gasteiger partial charge in [-0.3, -0.25) is 0 Å². The van der Waals surface area contributed by atoms with Crippen molar-refractivity contribution >= 4 is 16.5 Å². The van der Waals surface area contributed by atoms with E-state index in [0.717, 1.165) is 28.5 Å². The van der Waals surface area contributed by atoms with Crippen molar-refractivity contribution in [1.29, 1.82) is 0 Å². The van der Waals surface area contributed by atoms with Crippen molar-refractivity contribution in [2.75, 3.05) is 35.0 Å². The number of nitrogens with zero attached hydrogens (tertiary/aromatic N) is 1. The van der Waals surface area contributed by atoms with Crippen LogP contribution >= 0.6 is 0 Å². The molecule has 2 aromatic carbocycles. The fourth-order valence-corrected chi connectivity index (χ4v) is 3.30. The minimum absolute atomic E-state index is 0.405. The molecule has 0 heterocycles. The van der Waals surface area contributed by atoms with E-state index in [1.54, 1.807) is 28.4 Å². The summed E-state index contributed by atoms with van der Waals surface area (Å²) in [5, 5.41) is 6.02. The van der Waals surface area contributed by atoms with Gasteiger partial charge >= 0.3 is 0 Å². The average molecular weight is 442 g/mol. The molecule has 0 spiro atoms. The largest absolute Gasteiger partial charge is 0.496 e. The third-order valence-corrected chi connectivity index (χ3v) is 5.24. The van der Waals surface area contributed by atoms with E-state index in [-0.39, 0.29) is 0 Å². The number of ether oxygens (including phenoxy) is 4. The molecule has 0 saturated heterocycles. The molecule has 2 aromatic rings. The summed E-state index contributed by atoms with van der Waals surface area (Å²) in [6.45, 7) is 8.70. The van der Waals surface area contributed by atoms with Crippen molar-refractivity contribution in [1.82, 2.24) is 0 Å². The molecule has 0 bridgehead atoms. The molecule has 0 aromatic heterocycles. The molecular formula is C26H35NO5. The second-order valence-electron chi connectivity index (χ2n) is 7.60. The molecule has 0 aliphatic carbocycles. The van der Waals surface area contributed by atoms with Gasteiger partial charge in [0.25, 0.3) is 0 Å². The van der Waals surface area contributed by atoms with Gasteiger partial charge in [-0.2, -0.15) is 0 Å². The zero-order valence-electron chi connectivity index (χ0n) is 20.5. The second-order valence-corrected chi connectivity index (χ2v) is 7.60. The third-order valence-electron chi connectivity index (χ3n) is 5.24. The molecule has 0 saturated carbocycles. The number of allylic oxidation sites excluding steroid dienone is 3. The van der Waals surface area contributed by atoms with Crippen molar-refractivity contribution in [2.45, 2.75) is 40.5 Å². The van der Waals surface area contributed by atoms with E-state index in [0.29, 0.717) is 36.0 Å². The molecule has 6 nitrogen and oxygen atoms in total. The summed E-state index contributed by atoms with van der Waals surface area (Å²) in [7, 11) is 6.52. The summed E-state index contributed by atoms with van der Waals surface area (Å²) in [6.07, 6.45) is 5.70. The minimum atomic E-state index is 0.405. The Bertz CT molecular complexity index is 1020. The van der Waals surface area contributed by atoms with Crippen LogP contribution in [0.5, 0.6) is 23.0 Å². The molecule has 6 heteroatoms. The average Bonchev–Trinajstić information content (AvgIpc) is 2.81. The molecule has 0 amide bonds. The minimum Gasteiger partial charge on any atom is -0.496 e. The number of rotatable bonds is 11. The van der Waals surface area contributed by atoms with Gasteiger partial charge in [-0.25, -0.2) is 0 Å². The van der Waals surface area contributed by atoms with Gasteiger partial charge in [0.05, 0.1) is 44.9 Å². The van der Waals surface area contributed by atoms with E-state index in [9.17, 15) is 0 Å². The van der Waals surface area contributed by atoms with Gasteiger partial charge in [0, 0.05) is 12.0 Å². The Balaban J connectivity index is 2.76.